The molecule has 0 aliphatic heterocycles. The van der Waals surface area contributed by atoms with Gasteiger partial charge < -0.3 is 9.52 Å². The lowest BCUT2D eigenvalue weighted by atomic mass is 10.3. The molecule has 0 atom stereocenters. The standard InChI is InChI=1S/C12H14N2O3/c1-8-5-9(2)14(12(16)13-8)6-10-3-4-11(7-15)17-10/h3-5,15H,6-7H2,1-2H3. The number of hydrogen-bond donors (Lipinski definition) is 1. The summed E-state index contributed by atoms with van der Waals surface area (Å²) in [5.41, 5.74) is 1.26. The van der Waals surface area contributed by atoms with Gasteiger partial charge in [-0.3, -0.25) is 4.57 Å². The van der Waals surface area contributed by atoms with Crippen molar-refractivity contribution in [2.45, 2.75) is 27.0 Å². The highest BCUT2D eigenvalue weighted by Crippen LogP contribution is 2.09. The van der Waals surface area contributed by atoms with E-state index in [1.54, 1.807) is 19.1 Å². The summed E-state index contributed by atoms with van der Waals surface area (Å²) in [5.74, 6) is 1.12. The van der Waals surface area contributed by atoms with Crippen LogP contribution in [0.25, 0.3) is 0 Å². The molecular formula is C12H14N2O3. The predicted molar refractivity (Wildman–Crippen MR) is 61.7 cm³/mol. The highest BCUT2D eigenvalue weighted by molar-refractivity contribution is 5.11. The zero-order valence-electron chi connectivity index (χ0n) is 9.80. The van der Waals surface area contributed by atoms with Gasteiger partial charge in [0.15, 0.2) is 0 Å². The number of aromatic nitrogens is 2. The van der Waals surface area contributed by atoms with Crippen LogP contribution in [0.5, 0.6) is 0 Å². The summed E-state index contributed by atoms with van der Waals surface area (Å²) in [5, 5.41) is 8.89. The topological polar surface area (TPSA) is 68.3 Å². The van der Waals surface area contributed by atoms with Crippen molar-refractivity contribution >= 4 is 0 Å². The van der Waals surface area contributed by atoms with Crippen molar-refractivity contribution in [1.82, 2.24) is 9.55 Å². The Kier molecular flexibility index (Phi) is 3.10. The van der Waals surface area contributed by atoms with Crippen molar-refractivity contribution in [3.8, 4) is 0 Å². The quantitative estimate of drug-likeness (QED) is 0.860. The molecule has 2 rings (SSSR count). The zero-order valence-corrected chi connectivity index (χ0v) is 9.80. The third-order valence-electron chi connectivity index (χ3n) is 2.53. The van der Waals surface area contributed by atoms with Gasteiger partial charge >= 0.3 is 5.69 Å². The fourth-order valence-corrected chi connectivity index (χ4v) is 1.72. The van der Waals surface area contributed by atoms with Crippen LogP contribution in [-0.4, -0.2) is 14.7 Å². The van der Waals surface area contributed by atoms with Gasteiger partial charge in [-0.25, -0.2) is 4.79 Å². The largest absolute Gasteiger partial charge is 0.462 e. The molecule has 0 saturated heterocycles. The minimum atomic E-state index is -0.288. The monoisotopic (exact) mass is 234 g/mol. The molecule has 2 aromatic rings. The smallest absolute Gasteiger partial charge is 0.348 e. The first-order valence-electron chi connectivity index (χ1n) is 5.33. The molecule has 90 valence electrons. The lowest BCUT2D eigenvalue weighted by molar-refractivity contribution is 0.243. The normalized spacial score (nSPS) is 10.8. The van der Waals surface area contributed by atoms with Gasteiger partial charge in [0.2, 0.25) is 0 Å². The van der Waals surface area contributed by atoms with Gasteiger partial charge in [-0.05, 0) is 32.0 Å². The molecule has 0 unspecified atom stereocenters. The zero-order chi connectivity index (χ0) is 12.4. The minimum Gasteiger partial charge on any atom is -0.462 e. The first-order chi connectivity index (χ1) is 8.10. The van der Waals surface area contributed by atoms with Crippen LogP contribution in [0.3, 0.4) is 0 Å². The fraction of sp³-hybridized carbons (Fsp3) is 0.333. The van der Waals surface area contributed by atoms with Gasteiger partial charge in [-0.15, -0.1) is 0 Å². The molecule has 0 aromatic carbocycles. The van der Waals surface area contributed by atoms with Gasteiger partial charge in [0.25, 0.3) is 0 Å². The fourth-order valence-electron chi connectivity index (χ4n) is 1.72. The predicted octanol–water partition coefficient (Wildman–Crippen LogP) is 0.994. The summed E-state index contributed by atoms with van der Waals surface area (Å²) in [6.07, 6.45) is 0. The van der Waals surface area contributed by atoms with E-state index < -0.39 is 0 Å². The third kappa shape index (κ3) is 2.45. The Bertz CT molecular complexity index is 584. The van der Waals surface area contributed by atoms with Crippen LogP contribution in [0.4, 0.5) is 0 Å². The molecule has 17 heavy (non-hydrogen) atoms. The highest BCUT2D eigenvalue weighted by Gasteiger charge is 2.07. The second kappa shape index (κ2) is 4.55. The van der Waals surface area contributed by atoms with Gasteiger partial charge in [0.05, 0.1) is 6.54 Å². The molecular weight excluding hydrogens is 220 g/mol. The van der Waals surface area contributed by atoms with E-state index in [2.05, 4.69) is 4.98 Å². The molecule has 0 aliphatic carbocycles. The maximum Gasteiger partial charge on any atom is 0.348 e. The number of aliphatic hydroxyl groups excluding tert-OH is 1. The molecule has 0 spiro atoms. The highest BCUT2D eigenvalue weighted by atomic mass is 16.4. The summed E-state index contributed by atoms with van der Waals surface area (Å²) >= 11 is 0. The van der Waals surface area contributed by atoms with E-state index >= 15 is 0 Å². The molecule has 5 heteroatoms. The van der Waals surface area contributed by atoms with Crippen LogP contribution in [-0.2, 0) is 13.2 Å². The Morgan fingerprint density at radius 2 is 2.06 bits per heavy atom. The summed E-state index contributed by atoms with van der Waals surface area (Å²) in [6.45, 7) is 3.83. The molecule has 0 radical (unpaired) electrons. The molecule has 0 saturated carbocycles. The Labute approximate surface area is 98.3 Å². The summed E-state index contributed by atoms with van der Waals surface area (Å²) in [7, 11) is 0. The molecule has 2 aromatic heterocycles. The van der Waals surface area contributed by atoms with E-state index in [-0.39, 0.29) is 12.3 Å². The molecule has 0 amide bonds. The molecule has 5 nitrogen and oxygen atoms in total. The lowest BCUT2D eigenvalue weighted by Crippen LogP contribution is -2.25. The SMILES string of the molecule is Cc1cc(C)n(Cc2ccc(CO)o2)c(=O)n1. The number of furan rings is 1. The maximum absolute atomic E-state index is 11.7. The number of hydrogen-bond acceptors (Lipinski definition) is 4. The Hall–Kier alpha value is -1.88. The van der Waals surface area contributed by atoms with Crippen LogP contribution in [0, 0.1) is 13.8 Å². The van der Waals surface area contributed by atoms with Crippen molar-refractivity contribution in [3.05, 3.63) is 51.6 Å². The molecule has 1 N–H and O–H groups in total. The van der Waals surface area contributed by atoms with E-state index in [4.69, 9.17) is 9.52 Å². The van der Waals surface area contributed by atoms with Crippen LogP contribution < -0.4 is 5.69 Å². The van der Waals surface area contributed by atoms with Crippen molar-refractivity contribution in [2.24, 2.45) is 0 Å². The number of aryl methyl sites for hydroxylation is 2. The lowest BCUT2D eigenvalue weighted by Gasteiger charge is -2.07. The average molecular weight is 234 g/mol. The average Bonchev–Trinajstić information content (AvgIpc) is 2.71. The van der Waals surface area contributed by atoms with E-state index in [1.165, 1.54) is 4.57 Å². The Balaban J connectivity index is 2.33. The Morgan fingerprint density at radius 1 is 1.35 bits per heavy atom. The number of nitrogens with zero attached hydrogens (tertiary/aromatic N) is 2. The van der Waals surface area contributed by atoms with Crippen molar-refractivity contribution in [2.75, 3.05) is 0 Å². The summed E-state index contributed by atoms with van der Waals surface area (Å²) in [4.78, 5) is 15.6. The second-order valence-corrected chi connectivity index (χ2v) is 3.93. The van der Waals surface area contributed by atoms with Crippen LogP contribution in [0.15, 0.2) is 27.4 Å². The van der Waals surface area contributed by atoms with Crippen molar-refractivity contribution in [3.63, 3.8) is 0 Å². The van der Waals surface area contributed by atoms with Gasteiger partial charge in [0, 0.05) is 11.4 Å². The first-order valence-corrected chi connectivity index (χ1v) is 5.33. The second-order valence-electron chi connectivity index (χ2n) is 3.93. The van der Waals surface area contributed by atoms with Gasteiger partial charge in [-0.2, -0.15) is 4.98 Å². The first kappa shape index (κ1) is 11.6. The molecule has 0 bridgehead atoms. The molecule has 2 heterocycles. The summed E-state index contributed by atoms with van der Waals surface area (Å²) < 4.78 is 6.87. The third-order valence-corrected chi connectivity index (χ3v) is 2.53. The molecule has 0 fully saturated rings. The van der Waals surface area contributed by atoms with Crippen LogP contribution in [0.1, 0.15) is 22.9 Å². The summed E-state index contributed by atoms with van der Waals surface area (Å²) in [6, 6.07) is 5.28. The van der Waals surface area contributed by atoms with Crippen LogP contribution >= 0.6 is 0 Å². The van der Waals surface area contributed by atoms with E-state index in [9.17, 15) is 4.79 Å². The van der Waals surface area contributed by atoms with Crippen molar-refractivity contribution in [1.29, 1.82) is 0 Å². The van der Waals surface area contributed by atoms with Crippen LogP contribution in [0.2, 0.25) is 0 Å². The van der Waals surface area contributed by atoms with E-state index in [1.807, 2.05) is 13.0 Å². The van der Waals surface area contributed by atoms with E-state index in [0.29, 0.717) is 23.8 Å². The van der Waals surface area contributed by atoms with Gasteiger partial charge in [-0.1, -0.05) is 0 Å². The minimum absolute atomic E-state index is 0.139. The van der Waals surface area contributed by atoms with Gasteiger partial charge in [0.1, 0.15) is 18.1 Å². The Morgan fingerprint density at radius 3 is 2.65 bits per heavy atom. The molecule has 0 aliphatic rings. The van der Waals surface area contributed by atoms with E-state index in [0.717, 1.165) is 5.69 Å². The maximum atomic E-state index is 11.7. The number of rotatable bonds is 3. The number of aliphatic hydroxyl groups is 1. The van der Waals surface area contributed by atoms with Crippen molar-refractivity contribution < 1.29 is 9.52 Å².